The Morgan fingerprint density at radius 3 is 2.18 bits per heavy atom. The average Bonchev–Trinajstić information content (AvgIpc) is 2.44. The molecule has 0 aromatic carbocycles. The molecule has 0 aromatic rings. The van der Waals surface area contributed by atoms with Crippen LogP contribution in [0, 0.1) is 5.92 Å². The summed E-state index contributed by atoms with van der Waals surface area (Å²) in [6, 6.07) is 4.19. The van der Waals surface area contributed by atoms with E-state index in [0.717, 1.165) is 30.1 Å². The standard InChI is InChI=1S/C10H18N/c1-6-4-10-8(3)11(10)7(2)5-9(6)11/h6-10H,4-5H2,1-3H3/q+1/t6?,7?,8-,9?,10?,11?/m1/s1. The summed E-state index contributed by atoms with van der Waals surface area (Å²) in [5.74, 6) is 1.03. The van der Waals surface area contributed by atoms with Gasteiger partial charge in [-0.05, 0) is 13.8 Å². The van der Waals surface area contributed by atoms with Crippen LogP contribution < -0.4 is 0 Å². The first-order valence-corrected chi connectivity index (χ1v) is 5.06. The Labute approximate surface area is 69.0 Å². The molecule has 3 rings (SSSR count). The predicted octanol–water partition coefficient (Wildman–Crippen LogP) is 1.77. The lowest BCUT2D eigenvalue weighted by Crippen LogP contribution is -2.59. The van der Waals surface area contributed by atoms with Crippen LogP contribution in [-0.4, -0.2) is 28.7 Å². The number of hydrogen-bond acceptors (Lipinski definition) is 0. The van der Waals surface area contributed by atoms with Crippen LogP contribution in [0.15, 0.2) is 0 Å². The maximum Gasteiger partial charge on any atom is 0.143 e. The molecule has 1 nitrogen and oxygen atoms in total. The lowest BCUT2D eigenvalue weighted by atomic mass is 9.85. The summed E-state index contributed by atoms with van der Waals surface area (Å²) < 4.78 is 1.54. The van der Waals surface area contributed by atoms with Gasteiger partial charge in [0.05, 0.1) is 18.5 Å². The summed E-state index contributed by atoms with van der Waals surface area (Å²) in [4.78, 5) is 0. The van der Waals surface area contributed by atoms with Gasteiger partial charge in [0.1, 0.15) is 12.1 Å². The van der Waals surface area contributed by atoms with Crippen molar-refractivity contribution in [3.8, 4) is 0 Å². The summed E-state index contributed by atoms with van der Waals surface area (Å²) >= 11 is 0. The van der Waals surface area contributed by atoms with E-state index in [1.807, 2.05) is 0 Å². The van der Waals surface area contributed by atoms with E-state index < -0.39 is 0 Å². The quantitative estimate of drug-likeness (QED) is 0.366. The minimum atomic E-state index is 1.00. The van der Waals surface area contributed by atoms with Crippen LogP contribution in [0.2, 0.25) is 0 Å². The highest BCUT2D eigenvalue weighted by atomic mass is 15.6. The van der Waals surface area contributed by atoms with E-state index in [1.165, 1.54) is 12.8 Å². The van der Waals surface area contributed by atoms with Crippen molar-refractivity contribution in [2.75, 3.05) is 0 Å². The highest BCUT2D eigenvalue weighted by molar-refractivity contribution is 5.05. The SMILES string of the molecule is CC1CC2[C@@H](C)[N+]23C(C)CC13. The van der Waals surface area contributed by atoms with E-state index in [1.54, 1.807) is 4.48 Å². The molecule has 0 aromatic heterocycles. The fourth-order valence-electron chi connectivity index (χ4n) is 4.39. The monoisotopic (exact) mass is 152 g/mol. The van der Waals surface area contributed by atoms with Crippen LogP contribution in [0.3, 0.4) is 0 Å². The van der Waals surface area contributed by atoms with Crippen molar-refractivity contribution < 1.29 is 4.48 Å². The first kappa shape index (κ1) is 6.47. The number of nitrogens with zero attached hydrogens (tertiary/aromatic N) is 1. The molecular formula is C10H18N+. The first-order chi connectivity index (χ1) is 5.19. The van der Waals surface area contributed by atoms with Gasteiger partial charge in [-0.1, -0.05) is 6.92 Å². The highest BCUT2D eigenvalue weighted by Gasteiger charge is 2.80. The molecule has 5 unspecified atom stereocenters. The molecule has 1 spiro atoms. The van der Waals surface area contributed by atoms with Gasteiger partial charge < -0.3 is 4.48 Å². The number of quaternary nitrogens is 1. The molecule has 3 heterocycles. The Balaban J connectivity index is 1.96. The topological polar surface area (TPSA) is 0 Å². The highest BCUT2D eigenvalue weighted by Crippen LogP contribution is 2.64. The third-order valence-corrected chi connectivity index (χ3v) is 4.94. The summed E-state index contributed by atoms with van der Waals surface area (Å²) in [5.41, 5.74) is 0. The fraction of sp³-hybridized carbons (Fsp3) is 1.00. The molecule has 3 aliphatic rings. The minimum Gasteiger partial charge on any atom is -0.304 e. The smallest absolute Gasteiger partial charge is 0.143 e. The molecular weight excluding hydrogens is 134 g/mol. The molecule has 0 aliphatic carbocycles. The molecule has 6 atom stereocenters. The number of rotatable bonds is 0. The zero-order valence-electron chi connectivity index (χ0n) is 7.75. The summed E-state index contributed by atoms with van der Waals surface area (Å²) in [7, 11) is 0. The van der Waals surface area contributed by atoms with Crippen LogP contribution in [0.25, 0.3) is 0 Å². The molecule has 62 valence electrons. The molecule has 3 aliphatic heterocycles. The van der Waals surface area contributed by atoms with Crippen LogP contribution in [0.4, 0.5) is 0 Å². The van der Waals surface area contributed by atoms with Gasteiger partial charge in [0.25, 0.3) is 0 Å². The minimum absolute atomic E-state index is 1.00. The van der Waals surface area contributed by atoms with Crippen molar-refractivity contribution in [3.63, 3.8) is 0 Å². The normalized spacial score (nSPS) is 71.7. The maximum absolute atomic E-state index is 2.46. The third-order valence-electron chi connectivity index (χ3n) is 4.94. The van der Waals surface area contributed by atoms with Crippen LogP contribution in [0.5, 0.6) is 0 Å². The van der Waals surface area contributed by atoms with Crippen molar-refractivity contribution >= 4 is 0 Å². The van der Waals surface area contributed by atoms with E-state index in [2.05, 4.69) is 20.8 Å². The number of piperidine rings is 1. The lowest BCUT2D eigenvalue weighted by Gasteiger charge is -2.45. The Hall–Kier alpha value is -0.0400. The van der Waals surface area contributed by atoms with Gasteiger partial charge >= 0.3 is 0 Å². The van der Waals surface area contributed by atoms with Crippen LogP contribution in [-0.2, 0) is 0 Å². The second-order valence-corrected chi connectivity index (χ2v) is 5.07. The number of hydrogen-bond donors (Lipinski definition) is 0. The van der Waals surface area contributed by atoms with Crippen molar-refractivity contribution in [2.24, 2.45) is 5.92 Å². The second kappa shape index (κ2) is 1.52. The van der Waals surface area contributed by atoms with E-state index in [-0.39, 0.29) is 0 Å². The molecule has 0 radical (unpaired) electrons. The van der Waals surface area contributed by atoms with Crippen molar-refractivity contribution in [3.05, 3.63) is 0 Å². The summed E-state index contributed by atoms with van der Waals surface area (Å²) in [6.07, 6.45) is 3.04. The summed E-state index contributed by atoms with van der Waals surface area (Å²) in [6.45, 7) is 7.36. The van der Waals surface area contributed by atoms with E-state index in [4.69, 9.17) is 0 Å². The second-order valence-electron chi connectivity index (χ2n) is 5.07. The van der Waals surface area contributed by atoms with Gasteiger partial charge in [0.2, 0.25) is 0 Å². The van der Waals surface area contributed by atoms with Gasteiger partial charge in [-0.25, -0.2) is 0 Å². The van der Waals surface area contributed by atoms with E-state index in [0.29, 0.717) is 0 Å². The van der Waals surface area contributed by atoms with E-state index >= 15 is 0 Å². The van der Waals surface area contributed by atoms with Crippen LogP contribution in [0.1, 0.15) is 33.6 Å². The molecule has 3 saturated heterocycles. The van der Waals surface area contributed by atoms with Gasteiger partial charge in [-0.3, -0.25) is 0 Å². The Kier molecular flexibility index (Phi) is 0.893. The summed E-state index contributed by atoms with van der Waals surface area (Å²) in [5, 5.41) is 0. The predicted molar refractivity (Wildman–Crippen MR) is 45.2 cm³/mol. The van der Waals surface area contributed by atoms with Crippen molar-refractivity contribution in [2.45, 2.75) is 57.8 Å². The van der Waals surface area contributed by atoms with Crippen molar-refractivity contribution in [1.29, 1.82) is 0 Å². The third kappa shape index (κ3) is 0.438. The fourth-order valence-corrected chi connectivity index (χ4v) is 4.39. The Morgan fingerprint density at radius 1 is 1.00 bits per heavy atom. The lowest BCUT2D eigenvalue weighted by molar-refractivity contribution is -0.914. The molecule has 3 fully saturated rings. The Bertz CT molecular complexity index is 207. The molecule has 1 heteroatoms. The molecule has 0 amide bonds. The Morgan fingerprint density at radius 2 is 1.73 bits per heavy atom. The molecule has 0 N–H and O–H groups in total. The molecule has 0 bridgehead atoms. The zero-order valence-corrected chi connectivity index (χ0v) is 7.75. The average molecular weight is 152 g/mol. The largest absolute Gasteiger partial charge is 0.304 e. The van der Waals surface area contributed by atoms with Crippen molar-refractivity contribution in [1.82, 2.24) is 0 Å². The van der Waals surface area contributed by atoms with Gasteiger partial charge in [0, 0.05) is 12.3 Å². The van der Waals surface area contributed by atoms with Gasteiger partial charge in [-0.2, -0.15) is 0 Å². The van der Waals surface area contributed by atoms with E-state index in [9.17, 15) is 0 Å². The van der Waals surface area contributed by atoms with Crippen LogP contribution >= 0.6 is 0 Å². The van der Waals surface area contributed by atoms with Gasteiger partial charge in [-0.15, -0.1) is 0 Å². The first-order valence-electron chi connectivity index (χ1n) is 5.06. The molecule has 11 heavy (non-hydrogen) atoms. The maximum atomic E-state index is 2.46. The van der Waals surface area contributed by atoms with Gasteiger partial charge in [0.15, 0.2) is 0 Å². The molecule has 0 saturated carbocycles. The zero-order chi connectivity index (χ0) is 7.80.